The third-order valence-electron chi connectivity index (χ3n) is 2.51. The van der Waals surface area contributed by atoms with Gasteiger partial charge < -0.3 is 16.0 Å². The summed E-state index contributed by atoms with van der Waals surface area (Å²) >= 11 is 0. The van der Waals surface area contributed by atoms with Crippen molar-refractivity contribution in [2.75, 3.05) is 20.1 Å². The molecule has 0 fully saturated rings. The molecule has 0 unspecified atom stereocenters. The molecule has 0 aromatic heterocycles. The molecule has 5 nitrogen and oxygen atoms in total. The second-order valence-electron chi connectivity index (χ2n) is 4.11. The standard InChI is InChI=1S/C14H22N4O/c1-3-9-16-13(19)11-18-14(15-2)17-10-12-7-5-4-6-8-12/h4-8H,3,9-11H2,1-2H3,(H,16,19)(H2,15,17,18). The number of benzene rings is 1. The third-order valence-corrected chi connectivity index (χ3v) is 2.51. The van der Waals surface area contributed by atoms with Crippen molar-refractivity contribution in [3.63, 3.8) is 0 Å². The molecule has 0 aliphatic rings. The average Bonchev–Trinajstić information content (AvgIpc) is 2.46. The lowest BCUT2D eigenvalue weighted by Gasteiger charge is -2.11. The first-order valence-corrected chi connectivity index (χ1v) is 6.51. The molecular weight excluding hydrogens is 240 g/mol. The second-order valence-corrected chi connectivity index (χ2v) is 4.11. The minimum absolute atomic E-state index is 0.0236. The summed E-state index contributed by atoms with van der Waals surface area (Å²) in [6.45, 7) is 3.64. The molecule has 1 amide bonds. The van der Waals surface area contributed by atoms with Gasteiger partial charge in [0.15, 0.2) is 5.96 Å². The Morgan fingerprint density at radius 3 is 2.53 bits per heavy atom. The predicted molar refractivity (Wildman–Crippen MR) is 77.9 cm³/mol. The second kappa shape index (κ2) is 8.97. The molecule has 19 heavy (non-hydrogen) atoms. The van der Waals surface area contributed by atoms with Gasteiger partial charge in [0.2, 0.25) is 5.91 Å². The van der Waals surface area contributed by atoms with E-state index in [4.69, 9.17) is 0 Å². The molecule has 0 radical (unpaired) electrons. The number of nitrogens with zero attached hydrogens (tertiary/aromatic N) is 1. The molecule has 0 aliphatic heterocycles. The van der Waals surface area contributed by atoms with E-state index in [2.05, 4.69) is 20.9 Å². The molecule has 0 atom stereocenters. The van der Waals surface area contributed by atoms with Gasteiger partial charge in [-0.3, -0.25) is 9.79 Å². The Hall–Kier alpha value is -2.04. The fraction of sp³-hybridized carbons (Fsp3) is 0.429. The molecule has 0 spiro atoms. The molecule has 1 aromatic rings. The quantitative estimate of drug-likeness (QED) is 0.526. The summed E-state index contributed by atoms with van der Waals surface area (Å²) in [7, 11) is 1.68. The molecule has 104 valence electrons. The van der Waals surface area contributed by atoms with Gasteiger partial charge in [-0.2, -0.15) is 0 Å². The van der Waals surface area contributed by atoms with Gasteiger partial charge in [-0.25, -0.2) is 0 Å². The van der Waals surface area contributed by atoms with Gasteiger partial charge in [0, 0.05) is 20.1 Å². The molecule has 1 rings (SSSR count). The maximum Gasteiger partial charge on any atom is 0.239 e. The van der Waals surface area contributed by atoms with Gasteiger partial charge >= 0.3 is 0 Å². The summed E-state index contributed by atoms with van der Waals surface area (Å²) in [5, 5.41) is 8.93. The Labute approximate surface area is 114 Å². The van der Waals surface area contributed by atoms with Gasteiger partial charge in [0.1, 0.15) is 0 Å². The highest BCUT2D eigenvalue weighted by Crippen LogP contribution is 1.96. The third kappa shape index (κ3) is 6.45. The van der Waals surface area contributed by atoms with Crippen molar-refractivity contribution < 1.29 is 4.79 Å². The van der Waals surface area contributed by atoms with Gasteiger partial charge in [0.25, 0.3) is 0 Å². The van der Waals surface area contributed by atoms with Crippen LogP contribution in [0.15, 0.2) is 35.3 Å². The summed E-state index contributed by atoms with van der Waals surface area (Å²) in [6, 6.07) is 10.0. The normalized spacial score (nSPS) is 10.9. The number of aliphatic imine (C=N–C) groups is 1. The number of rotatable bonds is 6. The first kappa shape index (κ1) is 15.0. The summed E-state index contributed by atoms with van der Waals surface area (Å²) in [6.07, 6.45) is 0.937. The summed E-state index contributed by atoms with van der Waals surface area (Å²) in [4.78, 5) is 15.5. The van der Waals surface area contributed by atoms with E-state index in [1.54, 1.807) is 7.05 Å². The zero-order chi connectivity index (χ0) is 13.9. The lowest BCUT2D eigenvalue weighted by atomic mass is 10.2. The lowest BCUT2D eigenvalue weighted by Crippen LogP contribution is -2.43. The van der Waals surface area contributed by atoms with Crippen LogP contribution in [0.4, 0.5) is 0 Å². The number of amides is 1. The maximum absolute atomic E-state index is 11.4. The molecule has 3 N–H and O–H groups in total. The Morgan fingerprint density at radius 1 is 1.16 bits per heavy atom. The number of hydrogen-bond acceptors (Lipinski definition) is 2. The summed E-state index contributed by atoms with van der Waals surface area (Å²) < 4.78 is 0. The van der Waals surface area contributed by atoms with E-state index < -0.39 is 0 Å². The summed E-state index contributed by atoms with van der Waals surface area (Å²) in [5.41, 5.74) is 1.17. The van der Waals surface area contributed by atoms with Crippen LogP contribution in [-0.4, -0.2) is 32.0 Å². The fourth-order valence-electron chi connectivity index (χ4n) is 1.49. The van der Waals surface area contributed by atoms with E-state index in [1.807, 2.05) is 37.3 Å². The molecule has 0 heterocycles. The van der Waals surface area contributed by atoms with E-state index in [9.17, 15) is 4.79 Å². The van der Waals surface area contributed by atoms with Crippen molar-refractivity contribution in [3.05, 3.63) is 35.9 Å². The van der Waals surface area contributed by atoms with E-state index in [0.29, 0.717) is 19.0 Å². The van der Waals surface area contributed by atoms with Crippen LogP contribution < -0.4 is 16.0 Å². The van der Waals surface area contributed by atoms with Crippen molar-refractivity contribution in [1.82, 2.24) is 16.0 Å². The number of hydrogen-bond donors (Lipinski definition) is 3. The van der Waals surface area contributed by atoms with E-state index in [0.717, 1.165) is 6.42 Å². The average molecular weight is 262 g/mol. The molecule has 1 aromatic carbocycles. The topological polar surface area (TPSA) is 65.5 Å². The maximum atomic E-state index is 11.4. The number of carbonyl (C=O) groups excluding carboxylic acids is 1. The minimum atomic E-state index is -0.0236. The highest BCUT2D eigenvalue weighted by atomic mass is 16.1. The Balaban J connectivity index is 2.29. The Morgan fingerprint density at radius 2 is 1.89 bits per heavy atom. The molecule has 0 saturated heterocycles. The largest absolute Gasteiger partial charge is 0.355 e. The molecule has 0 bridgehead atoms. The lowest BCUT2D eigenvalue weighted by molar-refractivity contribution is -0.120. The van der Waals surface area contributed by atoms with E-state index in [-0.39, 0.29) is 12.5 Å². The van der Waals surface area contributed by atoms with Crippen molar-refractivity contribution in [2.45, 2.75) is 19.9 Å². The van der Waals surface area contributed by atoms with Crippen molar-refractivity contribution >= 4 is 11.9 Å². The van der Waals surface area contributed by atoms with Crippen LogP contribution in [0, 0.1) is 0 Å². The number of guanidine groups is 1. The first-order valence-electron chi connectivity index (χ1n) is 6.51. The first-order chi connectivity index (χ1) is 9.26. The van der Waals surface area contributed by atoms with Crippen LogP contribution >= 0.6 is 0 Å². The van der Waals surface area contributed by atoms with Gasteiger partial charge in [-0.1, -0.05) is 37.3 Å². The molecule has 0 saturated carbocycles. The molecule has 0 aliphatic carbocycles. The molecular formula is C14H22N4O. The van der Waals surface area contributed by atoms with Crippen LogP contribution in [0.5, 0.6) is 0 Å². The van der Waals surface area contributed by atoms with Crippen LogP contribution in [0.3, 0.4) is 0 Å². The number of nitrogens with one attached hydrogen (secondary N) is 3. The smallest absolute Gasteiger partial charge is 0.239 e. The van der Waals surface area contributed by atoms with Gasteiger partial charge in [-0.15, -0.1) is 0 Å². The minimum Gasteiger partial charge on any atom is -0.355 e. The number of carbonyl (C=O) groups is 1. The zero-order valence-corrected chi connectivity index (χ0v) is 11.6. The Kier molecular flexibility index (Phi) is 7.09. The van der Waals surface area contributed by atoms with Crippen molar-refractivity contribution in [1.29, 1.82) is 0 Å². The Bertz CT molecular complexity index is 403. The molecule has 5 heteroatoms. The predicted octanol–water partition coefficient (Wildman–Crippen LogP) is 0.878. The monoisotopic (exact) mass is 262 g/mol. The SMILES string of the molecule is CCCNC(=O)CNC(=NC)NCc1ccccc1. The van der Waals surface area contributed by atoms with Gasteiger partial charge in [0.05, 0.1) is 6.54 Å². The van der Waals surface area contributed by atoms with Crippen LogP contribution in [0.1, 0.15) is 18.9 Å². The highest BCUT2D eigenvalue weighted by Gasteiger charge is 2.02. The highest BCUT2D eigenvalue weighted by molar-refractivity contribution is 5.86. The van der Waals surface area contributed by atoms with Crippen molar-refractivity contribution in [2.24, 2.45) is 4.99 Å². The van der Waals surface area contributed by atoms with Crippen LogP contribution in [0.2, 0.25) is 0 Å². The fourth-order valence-corrected chi connectivity index (χ4v) is 1.49. The van der Waals surface area contributed by atoms with Crippen LogP contribution in [-0.2, 0) is 11.3 Å². The zero-order valence-electron chi connectivity index (χ0n) is 11.6. The van der Waals surface area contributed by atoms with Gasteiger partial charge in [-0.05, 0) is 12.0 Å². The van der Waals surface area contributed by atoms with E-state index in [1.165, 1.54) is 5.56 Å². The summed E-state index contributed by atoms with van der Waals surface area (Å²) in [5.74, 6) is 0.597. The van der Waals surface area contributed by atoms with Crippen molar-refractivity contribution in [3.8, 4) is 0 Å². The van der Waals surface area contributed by atoms with E-state index >= 15 is 0 Å². The van der Waals surface area contributed by atoms with Crippen LogP contribution in [0.25, 0.3) is 0 Å².